The van der Waals surface area contributed by atoms with Crippen molar-refractivity contribution in [3.8, 4) is 0 Å². The van der Waals surface area contributed by atoms with Gasteiger partial charge in [0, 0.05) is 23.8 Å². The second-order valence-electron chi connectivity index (χ2n) is 3.67. The molecule has 0 radical (unpaired) electrons. The Bertz CT molecular complexity index is 299. The molecule has 0 bridgehead atoms. The van der Waals surface area contributed by atoms with E-state index in [-0.39, 0.29) is 0 Å². The predicted octanol–water partition coefficient (Wildman–Crippen LogP) is 1.63. The summed E-state index contributed by atoms with van der Waals surface area (Å²) in [7, 11) is 0. The van der Waals surface area contributed by atoms with Gasteiger partial charge in [-0.25, -0.2) is 4.98 Å². The van der Waals surface area contributed by atoms with Gasteiger partial charge in [-0.3, -0.25) is 0 Å². The van der Waals surface area contributed by atoms with Crippen LogP contribution in [0.4, 0.5) is 5.82 Å². The number of nitrogens with zero attached hydrogens (tertiary/aromatic N) is 2. The lowest BCUT2D eigenvalue weighted by Gasteiger charge is -2.16. The van der Waals surface area contributed by atoms with Gasteiger partial charge in [0.1, 0.15) is 5.82 Å². The zero-order valence-electron chi connectivity index (χ0n) is 7.99. The Kier molecular flexibility index (Phi) is 3.03. The van der Waals surface area contributed by atoms with Crippen molar-refractivity contribution >= 4 is 21.7 Å². The van der Waals surface area contributed by atoms with Gasteiger partial charge in [0.25, 0.3) is 0 Å². The van der Waals surface area contributed by atoms with Gasteiger partial charge in [-0.2, -0.15) is 0 Å². The van der Waals surface area contributed by atoms with Crippen molar-refractivity contribution in [2.24, 2.45) is 11.7 Å². The van der Waals surface area contributed by atoms with Crippen LogP contribution in [0.15, 0.2) is 22.8 Å². The first-order valence-corrected chi connectivity index (χ1v) is 5.65. The zero-order valence-corrected chi connectivity index (χ0v) is 9.57. The quantitative estimate of drug-likeness (QED) is 0.874. The monoisotopic (exact) mass is 255 g/mol. The summed E-state index contributed by atoms with van der Waals surface area (Å²) < 4.78 is 1.02. The van der Waals surface area contributed by atoms with Gasteiger partial charge in [0.15, 0.2) is 0 Å². The number of anilines is 1. The number of hydrogen-bond acceptors (Lipinski definition) is 3. The molecule has 4 heteroatoms. The Morgan fingerprint density at radius 3 is 3.00 bits per heavy atom. The lowest BCUT2D eigenvalue weighted by molar-refractivity contribution is 0.602. The fraction of sp³-hybridized carbons (Fsp3) is 0.500. The van der Waals surface area contributed by atoms with Crippen LogP contribution in [0.2, 0.25) is 0 Å². The molecule has 1 atom stereocenters. The van der Waals surface area contributed by atoms with Crippen LogP contribution in [-0.2, 0) is 0 Å². The van der Waals surface area contributed by atoms with E-state index in [1.54, 1.807) is 0 Å². The predicted molar refractivity (Wildman–Crippen MR) is 61.3 cm³/mol. The Morgan fingerprint density at radius 1 is 1.57 bits per heavy atom. The SMILES string of the molecule is NC[C@@H]1CCN(c2ccc(Br)cn2)C1. The van der Waals surface area contributed by atoms with Gasteiger partial charge < -0.3 is 10.6 Å². The second-order valence-corrected chi connectivity index (χ2v) is 4.59. The molecule has 1 aliphatic rings. The molecule has 0 aliphatic carbocycles. The van der Waals surface area contributed by atoms with Crippen molar-refractivity contribution in [2.75, 3.05) is 24.5 Å². The highest BCUT2D eigenvalue weighted by atomic mass is 79.9. The summed E-state index contributed by atoms with van der Waals surface area (Å²) in [5.41, 5.74) is 5.64. The number of pyridine rings is 1. The van der Waals surface area contributed by atoms with Crippen molar-refractivity contribution < 1.29 is 0 Å². The largest absolute Gasteiger partial charge is 0.356 e. The summed E-state index contributed by atoms with van der Waals surface area (Å²) in [6, 6.07) is 4.07. The molecule has 0 amide bonds. The molecule has 76 valence electrons. The summed E-state index contributed by atoms with van der Waals surface area (Å²) in [6.07, 6.45) is 3.03. The Morgan fingerprint density at radius 2 is 2.43 bits per heavy atom. The molecular formula is C10H14BrN3. The van der Waals surface area contributed by atoms with Crippen molar-refractivity contribution in [3.05, 3.63) is 22.8 Å². The molecule has 2 N–H and O–H groups in total. The van der Waals surface area contributed by atoms with E-state index in [0.29, 0.717) is 5.92 Å². The van der Waals surface area contributed by atoms with E-state index in [9.17, 15) is 0 Å². The maximum Gasteiger partial charge on any atom is 0.128 e. The average Bonchev–Trinajstić information content (AvgIpc) is 2.67. The van der Waals surface area contributed by atoms with E-state index in [4.69, 9.17) is 5.73 Å². The van der Waals surface area contributed by atoms with Crippen LogP contribution < -0.4 is 10.6 Å². The first-order valence-electron chi connectivity index (χ1n) is 4.86. The number of hydrogen-bond donors (Lipinski definition) is 1. The van der Waals surface area contributed by atoms with E-state index in [2.05, 4.69) is 25.8 Å². The third-order valence-electron chi connectivity index (χ3n) is 2.65. The lowest BCUT2D eigenvalue weighted by atomic mass is 10.1. The minimum Gasteiger partial charge on any atom is -0.356 e. The van der Waals surface area contributed by atoms with E-state index in [0.717, 1.165) is 29.9 Å². The number of halogens is 1. The molecule has 0 aromatic carbocycles. The van der Waals surface area contributed by atoms with Crippen molar-refractivity contribution in [1.29, 1.82) is 0 Å². The lowest BCUT2D eigenvalue weighted by Crippen LogP contribution is -2.23. The maximum absolute atomic E-state index is 5.64. The van der Waals surface area contributed by atoms with Crippen molar-refractivity contribution in [3.63, 3.8) is 0 Å². The standard InChI is InChI=1S/C10H14BrN3/c11-9-1-2-10(13-6-9)14-4-3-8(5-12)7-14/h1-2,6,8H,3-5,7,12H2/t8-/m0/s1. The van der Waals surface area contributed by atoms with Gasteiger partial charge in [-0.1, -0.05) is 0 Å². The third-order valence-corrected chi connectivity index (χ3v) is 3.12. The first-order chi connectivity index (χ1) is 6.79. The third kappa shape index (κ3) is 2.07. The molecule has 14 heavy (non-hydrogen) atoms. The molecule has 2 rings (SSSR count). The summed E-state index contributed by atoms with van der Waals surface area (Å²) >= 11 is 3.38. The first kappa shape index (κ1) is 9.93. The van der Waals surface area contributed by atoms with Crippen LogP contribution in [0.5, 0.6) is 0 Å². The number of rotatable bonds is 2. The molecule has 1 aromatic heterocycles. The minimum atomic E-state index is 0.639. The van der Waals surface area contributed by atoms with Crippen molar-refractivity contribution in [2.45, 2.75) is 6.42 Å². The summed E-state index contributed by atoms with van der Waals surface area (Å²) in [4.78, 5) is 6.66. The smallest absolute Gasteiger partial charge is 0.128 e. The van der Waals surface area contributed by atoms with Crippen LogP contribution in [0, 0.1) is 5.92 Å². The van der Waals surface area contributed by atoms with E-state index < -0.39 is 0 Å². The van der Waals surface area contributed by atoms with Crippen LogP contribution in [-0.4, -0.2) is 24.6 Å². The Hall–Kier alpha value is -0.610. The highest BCUT2D eigenvalue weighted by Crippen LogP contribution is 2.22. The average molecular weight is 256 g/mol. The Balaban J connectivity index is 2.06. The normalized spacial score (nSPS) is 21.6. The van der Waals surface area contributed by atoms with Crippen LogP contribution >= 0.6 is 15.9 Å². The topological polar surface area (TPSA) is 42.1 Å². The molecule has 0 spiro atoms. The molecule has 1 aliphatic heterocycles. The molecule has 1 fully saturated rings. The van der Waals surface area contributed by atoms with E-state index in [1.165, 1.54) is 6.42 Å². The van der Waals surface area contributed by atoms with Crippen LogP contribution in [0.25, 0.3) is 0 Å². The van der Waals surface area contributed by atoms with Crippen molar-refractivity contribution in [1.82, 2.24) is 4.98 Å². The molecule has 3 nitrogen and oxygen atoms in total. The molecule has 1 aromatic rings. The highest BCUT2D eigenvalue weighted by Gasteiger charge is 2.21. The van der Waals surface area contributed by atoms with Gasteiger partial charge in [-0.05, 0) is 46.9 Å². The fourth-order valence-electron chi connectivity index (χ4n) is 1.79. The van der Waals surface area contributed by atoms with Gasteiger partial charge in [0.05, 0.1) is 0 Å². The molecule has 1 saturated heterocycles. The molecular weight excluding hydrogens is 242 g/mol. The van der Waals surface area contributed by atoms with Gasteiger partial charge >= 0.3 is 0 Å². The molecule has 0 saturated carbocycles. The molecule has 2 heterocycles. The highest BCUT2D eigenvalue weighted by molar-refractivity contribution is 9.10. The number of nitrogens with two attached hydrogens (primary N) is 1. The van der Waals surface area contributed by atoms with E-state index >= 15 is 0 Å². The molecule has 0 unspecified atom stereocenters. The second kappa shape index (κ2) is 4.28. The number of aromatic nitrogens is 1. The van der Waals surface area contributed by atoms with Gasteiger partial charge in [0.2, 0.25) is 0 Å². The van der Waals surface area contributed by atoms with Crippen LogP contribution in [0.3, 0.4) is 0 Å². The summed E-state index contributed by atoms with van der Waals surface area (Å²) in [5, 5.41) is 0. The van der Waals surface area contributed by atoms with Crippen LogP contribution in [0.1, 0.15) is 6.42 Å². The maximum atomic E-state index is 5.64. The zero-order chi connectivity index (χ0) is 9.97. The summed E-state index contributed by atoms with van der Waals surface area (Å²) in [5.74, 6) is 1.70. The minimum absolute atomic E-state index is 0.639. The fourth-order valence-corrected chi connectivity index (χ4v) is 2.02. The Labute approximate surface area is 92.4 Å². The summed E-state index contributed by atoms with van der Waals surface area (Å²) in [6.45, 7) is 2.91. The van der Waals surface area contributed by atoms with Gasteiger partial charge in [-0.15, -0.1) is 0 Å². The van der Waals surface area contributed by atoms with E-state index in [1.807, 2.05) is 18.3 Å².